The van der Waals surface area contributed by atoms with Crippen molar-refractivity contribution in [3.63, 3.8) is 0 Å². The SMILES string of the molecule is CC1Cc2cc(C([O-])=C3C(=O)C(=O)N(CCC[n+]4cc[nH]c4)C3c3ccco3)ccc2O1. The molecule has 1 N–H and O–H groups in total. The van der Waals surface area contributed by atoms with Crippen LogP contribution in [0.2, 0.25) is 0 Å². The zero-order valence-electron chi connectivity index (χ0n) is 17.6. The molecule has 2 aliphatic rings. The second kappa shape index (κ2) is 8.03. The minimum atomic E-state index is -0.836. The number of nitrogens with one attached hydrogen (secondary N) is 1. The highest BCUT2D eigenvalue weighted by molar-refractivity contribution is 6.46. The standard InChI is InChI=1S/C24H23N3O5/c1-15-12-17-13-16(5-6-18(17)32-15)22(28)20-21(19-4-2-11-31-19)27(24(30)23(20)29)9-3-8-26-10-7-25-14-26/h2,4-7,10-11,13-15,21H,3,8-9,12H2,1H3,(H,28,29). The van der Waals surface area contributed by atoms with Gasteiger partial charge in [0.25, 0.3) is 5.91 Å². The fourth-order valence-corrected chi connectivity index (χ4v) is 4.45. The van der Waals surface area contributed by atoms with Crippen LogP contribution in [-0.2, 0) is 22.6 Å². The maximum atomic E-state index is 13.5. The van der Waals surface area contributed by atoms with Gasteiger partial charge in [-0.15, -0.1) is 0 Å². The molecule has 0 aliphatic carbocycles. The fourth-order valence-electron chi connectivity index (χ4n) is 4.45. The van der Waals surface area contributed by atoms with Gasteiger partial charge in [0.05, 0.1) is 12.8 Å². The van der Waals surface area contributed by atoms with Crippen molar-refractivity contribution in [2.45, 2.75) is 38.5 Å². The molecule has 1 amide bonds. The molecule has 1 saturated heterocycles. The molecule has 0 bridgehead atoms. The largest absolute Gasteiger partial charge is 0.872 e. The van der Waals surface area contributed by atoms with Crippen LogP contribution in [0.15, 0.2) is 65.3 Å². The number of Topliss-reactive ketones (excluding diaryl/α,β-unsaturated/α-hetero) is 1. The molecule has 2 aliphatic heterocycles. The molecule has 2 unspecified atom stereocenters. The van der Waals surface area contributed by atoms with E-state index in [-0.39, 0.29) is 11.7 Å². The summed E-state index contributed by atoms with van der Waals surface area (Å²) in [5.74, 6) is -0.739. The molecule has 0 spiro atoms. The molecule has 4 heterocycles. The van der Waals surface area contributed by atoms with Crippen molar-refractivity contribution in [3.8, 4) is 5.75 Å². The van der Waals surface area contributed by atoms with Gasteiger partial charge >= 0.3 is 0 Å². The number of furan rings is 1. The first-order valence-corrected chi connectivity index (χ1v) is 10.6. The second-order valence-electron chi connectivity index (χ2n) is 8.15. The summed E-state index contributed by atoms with van der Waals surface area (Å²) in [5.41, 5.74) is 1.24. The summed E-state index contributed by atoms with van der Waals surface area (Å²) in [7, 11) is 0. The molecule has 5 rings (SSSR count). The van der Waals surface area contributed by atoms with Crippen LogP contribution < -0.4 is 14.4 Å². The van der Waals surface area contributed by atoms with E-state index in [1.807, 2.05) is 30.2 Å². The lowest BCUT2D eigenvalue weighted by atomic mass is 9.97. The van der Waals surface area contributed by atoms with Crippen LogP contribution in [0.4, 0.5) is 0 Å². The van der Waals surface area contributed by atoms with E-state index >= 15 is 0 Å². The minimum absolute atomic E-state index is 0.0435. The number of imidazole rings is 1. The topological polar surface area (TPSA) is 102 Å². The molecule has 3 aromatic rings. The van der Waals surface area contributed by atoms with E-state index in [1.54, 1.807) is 30.3 Å². The van der Waals surface area contributed by atoms with E-state index in [2.05, 4.69) is 4.98 Å². The van der Waals surface area contributed by atoms with Crippen molar-refractivity contribution in [1.29, 1.82) is 0 Å². The Balaban J connectivity index is 1.49. The number of fused-ring (bicyclic) bond motifs is 1. The first-order chi connectivity index (χ1) is 15.5. The maximum Gasteiger partial charge on any atom is 0.295 e. The number of aromatic nitrogens is 2. The Morgan fingerprint density at radius 2 is 2.19 bits per heavy atom. The number of hydrogen-bond donors (Lipinski definition) is 1. The van der Waals surface area contributed by atoms with Crippen molar-refractivity contribution >= 4 is 17.4 Å². The highest BCUT2D eigenvalue weighted by Gasteiger charge is 2.45. The molecule has 1 fully saturated rings. The molecule has 1 aromatic carbocycles. The summed E-state index contributed by atoms with van der Waals surface area (Å²) in [6.45, 7) is 2.95. The van der Waals surface area contributed by atoms with Crippen LogP contribution in [0.1, 0.15) is 36.3 Å². The lowest BCUT2D eigenvalue weighted by Gasteiger charge is -2.25. The molecule has 8 nitrogen and oxygen atoms in total. The van der Waals surface area contributed by atoms with E-state index in [0.29, 0.717) is 37.3 Å². The zero-order valence-corrected chi connectivity index (χ0v) is 17.6. The maximum absolute atomic E-state index is 13.5. The number of aryl methyl sites for hydroxylation is 1. The van der Waals surface area contributed by atoms with Crippen molar-refractivity contribution < 1.29 is 28.4 Å². The first-order valence-electron chi connectivity index (χ1n) is 10.6. The summed E-state index contributed by atoms with van der Waals surface area (Å²) in [5, 5.41) is 13.5. The number of nitrogens with zero attached hydrogens (tertiary/aromatic N) is 2. The monoisotopic (exact) mass is 433 g/mol. The number of likely N-dealkylation sites (tertiary alicyclic amines) is 1. The van der Waals surface area contributed by atoms with Crippen LogP contribution in [0, 0.1) is 0 Å². The van der Waals surface area contributed by atoms with Gasteiger partial charge in [0.15, 0.2) is 0 Å². The molecule has 2 aromatic heterocycles. The average Bonchev–Trinajstić information content (AvgIpc) is 3.57. The number of H-pyrrole nitrogens is 1. The van der Waals surface area contributed by atoms with Gasteiger partial charge in [0.1, 0.15) is 36.0 Å². The number of benzene rings is 1. The Morgan fingerprint density at radius 1 is 1.31 bits per heavy atom. The number of hydrogen-bond acceptors (Lipinski definition) is 5. The van der Waals surface area contributed by atoms with Gasteiger partial charge in [-0.25, -0.2) is 4.57 Å². The first kappa shape index (κ1) is 20.1. The van der Waals surface area contributed by atoms with Crippen molar-refractivity contribution in [1.82, 2.24) is 9.88 Å². The van der Waals surface area contributed by atoms with E-state index in [1.165, 1.54) is 11.2 Å². The Bertz CT molecular complexity index is 1180. The number of aromatic amines is 1. The van der Waals surface area contributed by atoms with Gasteiger partial charge in [-0.05, 0) is 42.3 Å². The zero-order chi connectivity index (χ0) is 22.2. The molecule has 8 heteroatoms. The van der Waals surface area contributed by atoms with Crippen molar-refractivity contribution in [2.75, 3.05) is 6.54 Å². The van der Waals surface area contributed by atoms with Gasteiger partial charge in [-0.3, -0.25) is 14.6 Å². The fraction of sp³-hybridized carbons (Fsp3) is 0.292. The molecule has 32 heavy (non-hydrogen) atoms. The van der Waals surface area contributed by atoms with Gasteiger partial charge in [0, 0.05) is 25.0 Å². The summed E-state index contributed by atoms with van der Waals surface area (Å²) < 4.78 is 13.2. The number of carbonyl (C=O) groups is 2. The summed E-state index contributed by atoms with van der Waals surface area (Å²) in [6.07, 6.45) is 8.36. The highest BCUT2D eigenvalue weighted by atomic mass is 16.5. The van der Waals surface area contributed by atoms with Gasteiger partial charge in [-0.1, -0.05) is 11.8 Å². The molecular formula is C24H23N3O5. The smallest absolute Gasteiger partial charge is 0.295 e. The normalized spacial score (nSPS) is 21.7. The summed E-state index contributed by atoms with van der Waals surface area (Å²) in [6, 6.07) is 7.70. The predicted molar refractivity (Wildman–Crippen MR) is 111 cm³/mol. The molecule has 164 valence electrons. The Morgan fingerprint density at radius 3 is 2.94 bits per heavy atom. The number of amides is 1. The van der Waals surface area contributed by atoms with Gasteiger partial charge in [0.2, 0.25) is 12.1 Å². The molecule has 0 radical (unpaired) electrons. The van der Waals surface area contributed by atoms with E-state index < -0.39 is 23.5 Å². The summed E-state index contributed by atoms with van der Waals surface area (Å²) in [4.78, 5) is 30.3. The molecule has 0 saturated carbocycles. The number of rotatable bonds is 6. The van der Waals surface area contributed by atoms with E-state index in [9.17, 15) is 14.7 Å². The lowest BCUT2D eigenvalue weighted by molar-refractivity contribution is -0.695. The van der Waals surface area contributed by atoms with Gasteiger partial charge < -0.3 is 19.2 Å². The number of ether oxygens (including phenoxy) is 1. The van der Waals surface area contributed by atoms with Gasteiger partial charge in [-0.2, -0.15) is 0 Å². The number of carbonyl (C=O) groups excluding carboxylic acids is 2. The third-order valence-electron chi connectivity index (χ3n) is 5.92. The van der Waals surface area contributed by atoms with E-state index in [4.69, 9.17) is 9.15 Å². The lowest BCUT2D eigenvalue weighted by Crippen LogP contribution is -2.36. The van der Waals surface area contributed by atoms with E-state index in [0.717, 1.165) is 11.3 Å². The summed E-state index contributed by atoms with van der Waals surface area (Å²) >= 11 is 0. The van der Waals surface area contributed by atoms with Crippen molar-refractivity contribution in [2.24, 2.45) is 0 Å². The molecular weight excluding hydrogens is 410 g/mol. The van der Waals surface area contributed by atoms with Crippen LogP contribution in [0.25, 0.3) is 5.76 Å². The second-order valence-corrected chi connectivity index (χ2v) is 8.15. The van der Waals surface area contributed by atoms with Crippen LogP contribution in [0.5, 0.6) is 5.75 Å². The minimum Gasteiger partial charge on any atom is -0.872 e. The van der Waals surface area contributed by atoms with Crippen LogP contribution >= 0.6 is 0 Å². The van der Waals surface area contributed by atoms with Crippen LogP contribution in [0.3, 0.4) is 0 Å². The highest BCUT2D eigenvalue weighted by Crippen LogP contribution is 2.40. The van der Waals surface area contributed by atoms with Crippen LogP contribution in [-0.4, -0.2) is 34.2 Å². The Hall–Kier alpha value is -3.81. The Labute approximate surface area is 184 Å². The quantitative estimate of drug-likeness (QED) is 0.275. The molecule has 2 atom stereocenters. The Kier molecular flexibility index (Phi) is 5.05. The average molecular weight is 433 g/mol. The predicted octanol–water partition coefficient (Wildman–Crippen LogP) is 1.53. The third kappa shape index (κ3) is 3.47. The number of ketones is 1. The van der Waals surface area contributed by atoms with Crippen molar-refractivity contribution in [3.05, 3.63) is 77.8 Å². The third-order valence-corrected chi connectivity index (χ3v) is 5.92.